The number of ketones is 1. The number of carbonyl (C=O) groups excluding carboxylic acids is 1. The van der Waals surface area contributed by atoms with Gasteiger partial charge in [-0.15, -0.1) is 0 Å². The van der Waals surface area contributed by atoms with Crippen LogP contribution in [0.3, 0.4) is 0 Å². The van der Waals surface area contributed by atoms with Gasteiger partial charge in [0.2, 0.25) is 0 Å². The van der Waals surface area contributed by atoms with Gasteiger partial charge in [0.1, 0.15) is 0 Å². The first-order chi connectivity index (χ1) is 8.18. The molecule has 0 radical (unpaired) electrons. The average molecular weight is 232 g/mol. The number of aryl methyl sites for hydroxylation is 1. The largest absolute Gasteiger partial charge is 0.317 e. The zero-order valence-corrected chi connectivity index (χ0v) is 10.6. The van der Waals surface area contributed by atoms with E-state index in [1.165, 1.54) is 0 Å². The summed E-state index contributed by atoms with van der Waals surface area (Å²) in [4.78, 5) is 16.8. The second-order valence-electron chi connectivity index (χ2n) is 4.96. The van der Waals surface area contributed by atoms with Crippen LogP contribution in [0.4, 0.5) is 0 Å². The summed E-state index contributed by atoms with van der Waals surface area (Å²) in [6, 6.07) is 1.95. The number of Topliss-reactive ketones (excluding diaryl/α,β-unsaturated/α-hetero) is 1. The van der Waals surface area contributed by atoms with Crippen molar-refractivity contribution < 1.29 is 4.79 Å². The third-order valence-corrected chi connectivity index (χ3v) is 3.86. The van der Waals surface area contributed by atoms with Gasteiger partial charge in [0.15, 0.2) is 5.78 Å². The van der Waals surface area contributed by atoms with Crippen LogP contribution < -0.4 is 5.32 Å². The number of rotatable bonds is 3. The predicted octanol–water partition coefficient (Wildman–Crippen LogP) is 2.35. The van der Waals surface area contributed by atoms with Crippen LogP contribution in [-0.2, 0) is 0 Å². The monoisotopic (exact) mass is 232 g/mol. The molecular weight excluding hydrogens is 212 g/mol. The summed E-state index contributed by atoms with van der Waals surface area (Å²) in [5, 5.41) is 3.32. The van der Waals surface area contributed by atoms with Crippen molar-refractivity contribution in [3.05, 3.63) is 29.6 Å². The molecule has 3 nitrogen and oxygen atoms in total. The molecule has 1 fully saturated rings. The molecular formula is C14H20N2O. The first-order valence-electron chi connectivity index (χ1n) is 6.35. The van der Waals surface area contributed by atoms with Crippen LogP contribution in [0.15, 0.2) is 18.5 Å². The summed E-state index contributed by atoms with van der Waals surface area (Å²) in [5.41, 5.74) is 1.66. The minimum atomic E-state index is -0.166. The Bertz CT molecular complexity index is 408. The molecule has 0 atom stereocenters. The van der Waals surface area contributed by atoms with E-state index in [9.17, 15) is 4.79 Å². The summed E-state index contributed by atoms with van der Waals surface area (Å²) in [6.45, 7) is 5.98. The fourth-order valence-electron chi connectivity index (χ4n) is 2.63. The Morgan fingerprint density at radius 2 is 2.12 bits per heavy atom. The molecule has 0 saturated carbocycles. The molecule has 1 aliphatic heterocycles. The van der Waals surface area contributed by atoms with Crippen molar-refractivity contribution >= 4 is 5.78 Å². The molecule has 3 heteroatoms. The van der Waals surface area contributed by atoms with Crippen LogP contribution in [0, 0.1) is 12.3 Å². The van der Waals surface area contributed by atoms with E-state index in [-0.39, 0.29) is 11.2 Å². The molecule has 1 aromatic rings. The van der Waals surface area contributed by atoms with E-state index in [1.54, 1.807) is 12.4 Å². The lowest BCUT2D eigenvalue weighted by molar-refractivity contribution is 0.0717. The van der Waals surface area contributed by atoms with Crippen molar-refractivity contribution in [3.8, 4) is 0 Å². The number of hydrogen-bond donors (Lipinski definition) is 1. The van der Waals surface area contributed by atoms with Crippen LogP contribution in [0.5, 0.6) is 0 Å². The van der Waals surface area contributed by atoms with Gasteiger partial charge < -0.3 is 5.32 Å². The van der Waals surface area contributed by atoms with Crippen molar-refractivity contribution in [2.75, 3.05) is 13.1 Å². The molecule has 0 amide bonds. The van der Waals surface area contributed by atoms with E-state index in [2.05, 4.69) is 17.2 Å². The molecule has 1 saturated heterocycles. The van der Waals surface area contributed by atoms with E-state index in [0.717, 1.165) is 43.5 Å². The number of carbonyl (C=O) groups is 1. The maximum atomic E-state index is 12.6. The Labute approximate surface area is 103 Å². The van der Waals surface area contributed by atoms with E-state index in [4.69, 9.17) is 0 Å². The van der Waals surface area contributed by atoms with Crippen molar-refractivity contribution in [1.82, 2.24) is 10.3 Å². The van der Waals surface area contributed by atoms with Gasteiger partial charge in [0.25, 0.3) is 0 Å². The maximum absolute atomic E-state index is 12.6. The molecule has 1 aliphatic rings. The molecule has 0 aliphatic carbocycles. The molecule has 92 valence electrons. The van der Waals surface area contributed by atoms with Crippen LogP contribution in [0.25, 0.3) is 0 Å². The van der Waals surface area contributed by atoms with Crippen LogP contribution >= 0.6 is 0 Å². The lowest BCUT2D eigenvalue weighted by Gasteiger charge is -2.35. The number of hydrogen-bond acceptors (Lipinski definition) is 3. The third-order valence-electron chi connectivity index (χ3n) is 3.86. The number of pyridine rings is 1. The third kappa shape index (κ3) is 2.39. The van der Waals surface area contributed by atoms with Crippen LogP contribution in [0.2, 0.25) is 0 Å². The zero-order valence-electron chi connectivity index (χ0n) is 10.6. The van der Waals surface area contributed by atoms with Gasteiger partial charge in [-0.2, -0.15) is 0 Å². The number of aromatic nitrogens is 1. The van der Waals surface area contributed by atoms with E-state index in [0.29, 0.717) is 0 Å². The summed E-state index contributed by atoms with van der Waals surface area (Å²) >= 11 is 0. The van der Waals surface area contributed by atoms with Gasteiger partial charge in [-0.25, -0.2) is 0 Å². The summed E-state index contributed by atoms with van der Waals surface area (Å²) in [7, 11) is 0. The van der Waals surface area contributed by atoms with Gasteiger partial charge in [-0.3, -0.25) is 9.78 Å². The number of piperidine rings is 1. The molecule has 17 heavy (non-hydrogen) atoms. The molecule has 1 aromatic heterocycles. The molecule has 2 heterocycles. The Morgan fingerprint density at radius 3 is 2.71 bits per heavy atom. The number of nitrogens with zero attached hydrogens (tertiary/aromatic N) is 1. The second kappa shape index (κ2) is 4.96. The molecule has 0 aromatic carbocycles. The van der Waals surface area contributed by atoms with Gasteiger partial charge >= 0.3 is 0 Å². The Morgan fingerprint density at radius 1 is 1.41 bits per heavy atom. The standard InChI is InChI=1S/C14H20N2O/c1-3-14(4-6-15-7-5-14)13(17)12-8-11(2)9-16-10-12/h8-10,15H,3-7H2,1-2H3. The predicted molar refractivity (Wildman–Crippen MR) is 68.1 cm³/mol. The van der Waals surface area contributed by atoms with Crippen LogP contribution in [0.1, 0.15) is 42.1 Å². The quantitative estimate of drug-likeness (QED) is 0.813. The van der Waals surface area contributed by atoms with Gasteiger partial charge in [-0.1, -0.05) is 6.92 Å². The SMILES string of the molecule is CCC1(C(=O)c2cncc(C)c2)CCNCC1. The summed E-state index contributed by atoms with van der Waals surface area (Å²) < 4.78 is 0. The lowest BCUT2D eigenvalue weighted by atomic mass is 9.71. The minimum Gasteiger partial charge on any atom is -0.317 e. The smallest absolute Gasteiger partial charge is 0.170 e. The van der Waals surface area contributed by atoms with Gasteiger partial charge in [0, 0.05) is 23.4 Å². The maximum Gasteiger partial charge on any atom is 0.170 e. The van der Waals surface area contributed by atoms with Crippen LogP contribution in [-0.4, -0.2) is 23.9 Å². The van der Waals surface area contributed by atoms with Gasteiger partial charge in [0.05, 0.1) is 0 Å². The van der Waals surface area contributed by atoms with E-state index >= 15 is 0 Å². The summed E-state index contributed by atoms with van der Waals surface area (Å²) in [6.07, 6.45) is 6.29. The Balaban J connectivity index is 2.28. The molecule has 0 bridgehead atoms. The minimum absolute atomic E-state index is 0.166. The highest BCUT2D eigenvalue weighted by atomic mass is 16.1. The average Bonchev–Trinajstić information content (AvgIpc) is 2.38. The van der Waals surface area contributed by atoms with Crippen molar-refractivity contribution in [3.63, 3.8) is 0 Å². The highest BCUT2D eigenvalue weighted by Crippen LogP contribution is 2.36. The van der Waals surface area contributed by atoms with Crippen molar-refractivity contribution in [2.24, 2.45) is 5.41 Å². The number of nitrogens with one attached hydrogen (secondary N) is 1. The Kier molecular flexibility index (Phi) is 3.57. The van der Waals surface area contributed by atoms with E-state index in [1.807, 2.05) is 13.0 Å². The lowest BCUT2D eigenvalue weighted by Crippen LogP contribution is -2.41. The molecule has 2 rings (SSSR count). The molecule has 0 unspecified atom stereocenters. The topological polar surface area (TPSA) is 42.0 Å². The summed E-state index contributed by atoms with van der Waals surface area (Å²) in [5.74, 6) is 0.276. The first-order valence-corrected chi connectivity index (χ1v) is 6.35. The van der Waals surface area contributed by atoms with Crippen molar-refractivity contribution in [2.45, 2.75) is 33.1 Å². The zero-order chi connectivity index (χ0) is 12.3. The van der Waals surface area contributed by atoms with Gasteiger partial charge in [-0.05, 0) is 50.9 Å². The first kappa shape index (κ1) is 12.2. The second-order valence-corrected chi connectivity index (χ2v) is 4.96. The highest BCUT2D eigenvalue weighted by molar-refractivity contribution is 6.00. The molecule has 1 N–H and O–H groups in total. The fraction of sp³-hybridized carbons (Fsp3) is 0.571. The van der Waals surface area contributed by atoms with E-state index < -0.39 is 0 Å². The Hall–Kier alpha value is -1.22. The van der Waals surface area contributed by atoms with Crippen molar-refractivity contribution in [1.29, 1.82) is 0 Å². The fourth-order valence-corrected chi connectivity index (χ4v) is 2.63. The highest BCUT2D eigenvalue weighted by Gasteiger charge is 2.38. The molecule has 0 spiro atoms. The normalized spacial score (nSPS) is 18.9.